The average molecular weight is 521 g/mol. The summed E-state index contributed by atoms with van der Waals surface area (Å²) in [6.07, 6.45) is 2.39. The van der Waals surface area contributed by atoms with E-state index in [1.165, 1.54) is 24.0 Å². The molecule has 1 N–H and O–H groups in total. The minimum absolute atomic E-state index is 0.107. The maximum atomic E-state index is 15.4. The number of aromatic nitrogens is 1. The van der Waals surface area contributed by atoms with Gasteiger partial charge in [-0.3, -0.25) is 19.3 Å². The molecule has 1 aromatic heterocycles. The molecule has 6 nitrogen and oxygen atoms in total. The van der Waals surface area contributed by atoms with Crippen LogP contribution in [-0.4, -0.2) is 41.1 Å². The van der Waals surface area contributed by atoms with Gasteiger partial charge < -0.3 is 10.0 Å². The number of aromatic hydroxyl groups is 1. The number of carbonyl (C=O) groups is 1. The van der Waals surface area contributed by atoms with Crippen LogP contribution < -0.4 is 10.4 Å². The number of carbonyl (C=O) groups excluding carboxylic acids is 1. The van der Waals surface area contributed by atoms with Crippen molar-refractivity contribution in [3.63, 3.8) is 0 Å². The zero-order valence-corrected chi connectivity index (χ0v) is 21.6. The number of hydrogen-bond donors (Lipinski definition) is 1. The molecule has 1 saturated heterocycles. The Morgan fingerprint density at radius 1 is 1.08 bits per heavy atom. The molecule has 10 heteroatoms. The second-order valence-electron chi connectivity index (χ2n) is 10.9. The smallest absolute Gasteiger partial charge is 0.278 e. The van der Waals surface area contributed by atoms with E-state index in [4.69, 9.17) is 0 Å². The number of nitrogens with zero attached hydrogens (tertiary/aromatic N) is 3. The first-order valence-corrected chi connectivity index (χ1v) is 13.3. The minimum atomic E-state index is -1.09. The molecule has 2 aromatic carbocycles. The first kappa shape index (κ1) is 24.1. The van der Waals surface area contributed by atoms with Crippen molar-refractivity contribution >= 4 is 25.5 Å². The molecule has 0 bridgehead atoms. The van der Waals surface area contributed by atoms with Gasteiger partial charge in [0, 0.05) is 35.0 Å². The number of rotatable bonds is 1. The van der Waals surface area contributed by atoms with Crippen molar-refractivity contribution in [1.29, 1.82) is 0 Å². The Bertz CT molecular complexity index is 1530. The Labute approximate surface area is 218 Å². The molecule has 190 valence electrons. The highest BCUT2D eigenvalue weighted by atomic mass is 32.2. The molecule has 3 aromatic rings. The zero-order valence-electron chi connectivity index (χ0n) is 20.8. The van der Waals surface area contributed by atoms with E-state index >= 15 is 4.39 Å². The zero-order chi connectivity index (χ0) is 26.3. The summed E-state index contributed by atoms with van der Waals surface area (Å²) >= 11 is 1.44. The van der Waals surface area contributed by atoms with Gasteiger partial charge in [-0.2, -0.15) is 0 Å². The number of thioether (sulfide) groups is 1. The predicted octanol–water partition coefficient (Wildman–Crippen LogP) is 3.51. The van der Waals surface area contributed by atoms with Crippen molar-refractivity contribution < 1.29 is 18.7 Å². The maximum absolute atomic E-state index is 15.4. The lowest BCUT2D eigenvalue weighted by Gasteiger charge is -2.58. The summed E-state index contributed by atoms with van der Waals surface area (Å²) in [5.41, 5.74) is -0.262. The van der Waals surface area contributed by atoms with Gasteiger partial charge in [0.05, 0.1) is 5.44 Å². The molecule has 37 heavy (non-hydrogen) atoms. The first-order valence-electron chi connectivity index (χ1n) is 12.3. The van der Waals surface area contributed by atoms with E-state index in [2.05, 4.69) is 13.8 Å². The quantitative estimate of drug-likeness (QED) is 0.497. The van der Waals surface area contributed by atoms with E-state index in [1.807, 2.05) is 37.1 Å². The third kappa shape index (κ3) is 3.37. The summed E-state index contributed by atoms with van der Waals surface area (Å²) in [6.45, 7) is 4.73. The molecule has 0 unspecified atom stereocenters. The van der Waals surface area contributed by atoms with E-state index in [0.29, 0.717) is 18.5 Å². The molecular formula is C27H26BF2N3O3S. The van der Waals surface area contributed by atoms with Crippen LogP contribution in [0.1, 0.15) is 53.9 Å². The third-order valence-electron chi connectivity index (χ3n) is 8.12. The number of piperidine rings is 1. The Balaban J connectivity index is 1.73. The Morgan fingerprint density at radius 2 is 1.84 bits per heavy atom. The standard InChI is InChI=1S/C27H26BF2N3O3S/c1-26(2)10-12-31-21(13-26)33(32-11-9-19(34)24(35)23(32)25(31)36)27(28)16-7-8-18(29)22(30)15(16)14-37-20-6-4-3-5-17(20)27/h3-9,11,21,35H,10,12-14,28H2,1-2H3/t21-,27-/m1/s1. The number of hydrogen-bond acceptors (Lipinski definition) is 5. The van der Waals surface area contributed by atoms with Crippen molar-refractivity contribution in [2.24, 2.45) is 5.41 Å². The topological polar surface area (TPSA) is 65.8 Å². The average Bonchev–Trinajstić information content (AvgIpc) is 2.98. The molecular weight excluding hydrogens is 495 g/mol. The van der Waals surface area contributed by atoms with Crippen molar-refractivity contribution in [3.8, 4) is 5.75 Å². The minimum Gasteiger partial charge on any atom is -0.502 e. The summed E-state index contributed by atoms with van der Waals surface area (Å²) in [5, 5.41) is 12.8. The van der Waals surface area contributed by atoms with E-state index in [1.54, 1.807) is 15.6 Å². The van der Waals surface area contributed by atoms with Gasteiger partial charge in [-0.15, -0.1) is 11.8 Å². The van der Waals surface area contributed by atoms with Crippen LogP contribution in [0.4, 0.5) is 8.78 Å². The summed E-state index contributed by atoms with van der Waals surface area (Å²) < 4.78 is 31.4. The van der Waals surface area contributed by atoms with E-state index in [9.17, 15) is 19.1 Å². The second kappa shape index (κ2) is 8.12. The van der Waals surface area contributed by atoms with Crippen LogP contribution in [0.15, 0.2) is 58.4 Å². The lowest BCUT2D eigenvalue weighted by Crippen LogP contribution is -2.70. The van der Waals surface area contributed by atoms with Gasteiger partial charge >= 0.3 is 0 Å². The fourth-order valence-electron chi connectivity index (χ4n) is 6.15. The fourth-order valence-corrected chi connectivity index (χ4v) is 7.33. The molecule has 6 rings (SSSR count). The summed E-state index contributed by atoms with van der Waals surface area (Å²) in [7, 11) is 1.95. The Morgan fingerprint density at radius 3 is 2.62 bits per heavy atom. The highest BCUT2D eigenvalue weighted by Gasteiger charge is 2.53. The predicted molar refractivity (Wildman–Crippen MR) is 140 cm³/mol. The van der Waals surface area contributed by atoms with Gasteiger partial charge in [-0.1, -0.05) is 38.1 Å². The Hall–Kier alpha value is -3.27. The molecule has 0 radical (unpaired) electrons. The van der Waals surface area contributed by atoms with Crippen LogP contribution in [0.5, 0.6) is 5.75 Å². The molecule has 0 saturated carbocycles. The Kier molecular flexibility index (Phi) is 5.28. The monoisotopic (exact) mass is 521 g/mol. The van der Waals surface area contributed by atoms with Crippen molar-refractivity contribution in [2.45, 2.75) is 48.9 Å². The van der Waals surface area contributed by atoms with Gasteiger partial charge in [-0.05, 0) is 41.5 Å². The number of pyridine rings is 1. The fraction of sp³-hybridized carbons (Fsp3) is 0.333. The molecule has 3 aliphatic heterocycles. The SMILES string of the molecule is B[C@]1(N2[C@@H]3CC(C)(C)CCN3C(=O)c3c(O)c(=O)ccn32)c2ccccc2SCc2c1ccc(F)c2F. The van der Waals surface area contributed by atoms with E-state index in [0.717, 1.165) is 22.9 Å². The van der Waals surface area contributed by atoms with Crippen molar-refractivity contribution in [3.05, 3.63) is 92.9 Å². The maximum Gasteiger partial charge on any atom is 0.278 e. The number of halogens is 2. The molecule has 4 heterocycles. The van der Waals surface area contributed by atoms with Gasteiger partial charge in [0.1, 0.15) is 14.0 Å². The number of fused-ring (bicyclic) bond motifs is 4. The van der Waals surface area contributed by atoms with Crippen LogP contribution in [-0.2, 0) is 11.2 Å². The van der Waals surface area contributed by atoms with Gasteiger partial charge in [0.25, 0.3) is 5.91 Å². The number of amides is 1. The lowest BCUT2D eigenvalue weighted by atomic mass is 9.64. The van der Waals surface area contributed by atoms with Gasteiger partial charge in [-0.25, -0.2) is 8.78 Å². The molecule has 1 amide bonds. The first-order chi connectivity index (χ1) is 17.5. The molecule has 3 aliphatic rings. The van der Waals surface area contributed by atoms with Crippen molar-refractivity contribution in [2.75, 3.05) is 11.6 Å². The van der Waals surface area contributed by atoms with Gasteiger partial charge in [0.15, 0.2) is 23.1 Å². The summed E-state index contributed by atoms with van der Waals surface area (Å²) in [4.78, 5) is 28.7. The highest BCUT2D eigenvalue weighted by Crippen LogP contribution is 2.49. The van der Waals surface area contributed by atoms with Gasteiger partial charge in [0.2, 0.25) is 5.43 Å². The van der Waals surface area contributed by atoms with Crippen LogP contribution >= 0.6 is 11.8 Å². The van der Waals surface area contributed by atoms with Crippen LogP contribution in [0.2, 0.25) is 0 Å². The largest absolute Gasteiger partial charge is 0.502 e. The molecule has 1 fully saturated rings. The normalized spacial score (nSPS) is 24.0. The van der Waals surface area contributed by atoms with E-state index in [-0.39, 0.29) is 22.4 Å². The molecule has 2 atom stereocenters. The third-order valence-corrected chi connectivity index (χ3v) is 9.22. The number of benzene rings is 2. The van der Waals surface area contributed by atoms with Crippen molar-refractivity contribution in [1.82, 2.24) is 9.58 Å². The summed E-state index contributed by atoms with van der Waals surface area (Å²) in [5.74, 6) is -2.60. The van der Waals surface area contributed by atoms with Crippen LogP contribution in [0.25, 0.3) is 0 Å². The van der Waals surface area contributed by atoms with Crippen LogP contribution in [0.3, 0.4) is 0 Å². The molecule has 0 aliphatic carbocycles. The van der Waals surface area contributed by atoms with Crippen LogP contribution in [0, 0.1) is 17.0 Å². The summed E-state index contributed by atoms with van der Waals surface area (Å²) in [6, 6.07) is 11.7. The van der Waals surface area contributed by atoms with E-state index < -0.39 is 40.3 Å². The highest BCUT2D eigenvalue weighted by molar-refractivity contribution is 7.98. The molecule has 0 spiro atoms. The second-order valence-corrected chi connectivity index (χ2v) is 11.9. The lowest BCUT2D eigenvalue weighted by molar-refractivity contribution is 0.0224.